The second-order valence-electron chi connectivity index (χ2n) is 13.8. The lowest BCUT2D eigenvalue weighted by molar-refractivity contribution is -0.123. The van der Waals surface area contributed by atoms with Gasteiger partial charge >= 0.3 is 6.09 Å². The molecule has 0 spiro atoms. The number of halogens is 2. The molecule has 1 aliphatic carbocycles. The second-order valence-corrected chi connectivity index (χ2v) is 13.8. The maximum Gasteiger partial charge on any atom is 0.410 e. The number of ether oxygens (including phenoxy) is 2. The first-order valence-electron chi connectivity index (χ1n) is 16.5. The molecule has 3 heterocycles. The number of likely N-dealkylation sites (tertiary alicyclic amines) is 1. The Bertz CT molecular complexity index is 1830. The first-order chi connectivity index (χ1) is 22.8. The molecular weight excluding hydrogens is 616 g/mol. The van der Waals surface area contributed by atoms with Crippen LogP contribution in [-0.2, 0) is 16.0 Å². The van der Waals surface area contributed by atoms with Gasteiger partial charge in [0.25, 0.3) is 0 Å². The molecule has 11 heteroatoms. The van der Waals surface area contributed by atoms with Gasteiger partial charge < -0.3 is 19.7 Å². The highest BCUT2D eigenvalue weighted by atomic mass is 19.3. The number of carbonyl (C=O) groups excluding carboxylic acids is 2. The summed E-state index contributed by atoms with van der Waals surface area (Å²) in [5.74, 6) is -2.19. The Balaban J connectivity index is 1.22. The van der Waals surface area contributed by atoms with Gasteiger partial charge in [-0.3, -0.25) is 4.79 Å². The van der Waals surface area contributed by atoms with E-state index in [1.807, 2.05) is 70.2 Å². The molecule has 2 aromatic heterocycles. The van der Waals surface area contributed by atoms with Gasteiger partial charge in [-0.2, -0.15) is 0 Å². The van der Waals surface area contributed by atoms with Crippen molar-refractivity contribution in [3.05, 3.63) is 72.1 Å². The predicted octanol–water partition coefficient (Wildman–Crippen LogP) is 8.15. The summed E-state index contributed by atoms with van der Waals surface area (Å²) in [6, 6.07) is 14.9. The van der Waals surface area contributed by atoms with Crippen molar-refractivity contribution >= 4 is 28.6 Å². The van der Waals surface area contributed by atoms with Gasteiger partial charge in [-0.25, -0.2) is 28.5 Å². The molecule has 0 radical (unpaired) electrons. The van der Waals surface area contributed by atoms with Crippen LogP contribution in [0.2, 0.25) is 0 Å². The minimum absolute atomic E-state index is 0.0456. The molecule has 1 aliphatic heterocycles. The number of aromatic nitrogens is 3. The average Bonchev–Trinajstić information content (AvgIpc) is 3.42. The number of nitrogens with zero attached hydrogens (tertiary/aromatic N) is 4. The number of hydrogen-bond acceptors (Lipinski definition) is 8. The van der Waals surface area contributed by atoms with E-state index in [2.05, 4.69) is 15.3 Å². The van der Waals surface area contributed by atoms with E-state index in [4.69, 9.17) is 14.5 Å². The molecule has 4 aromatic rings. The maximum absolute atomic E-state index is 13.8. The number of amides is 1. The molecule has 2 aliphatic rings. The highest BCUT2D eigenvalue weighted by Gasteiger charge is 2.42. The van der Waals surface area contributed by atoms with Crippen molar-refractivity contribution in [2.45, 2.75) is 83.8 Å². The number of carbonyl (C=O) groups is 2. The molecule has 0 bridgehead atoms. The number of Topliss-reactive ketones (excluding diaryl/α,β-unsaturated/α-hetero) is 1. The summed E-state index contributed by atoms with van der Waals surface area (Å²) < 4.78 is 39.7. The number of piperidine rings is 1. The lowest BCUT2D eigenvalue weighted by atomic mass is 9.93. The fourth-order valence-corrected chi connectivity index (χ4v) is 6.46. The Morgan fingerprint density at radius 1 is 1.02 bits per heavy atom. The third kappa shape index (κ3) is 7.72. The lowest BCUT2D eigenvalue weighted by Gasteiger charge is -2.34. The summed E-state index contributed by atoms with van der Waals surface area (Å²) in [6.07, 6.45) is 4.36. The molecule has 2 fully saturated rings. The lowest BCUT2D eigenvalue weighted by Crippen LogP contribution is -2.47. The van der Waals surface area contributed by atoms with Crippen LogP contribution >= 0.6 is 0 Å². The van der Waals surface area contributed by atoms with Crippen LogP contribution in [0, 0.1) is 12.8 Å². The van der Waals surface area contributed by atoms with Gasteiger partial charge in [-0.15, -0.1) is 0 Å². The van der Waals surface area contributed by atoms with Gasteiger partial charge in [0.05, 0.1) is 11.3 Å². The van der Waals surface area contributed by atoms with Crippen LogP contribution in [0.1, 0.15) is 64.0 Å². The SMILES string of the molecule is Cc1ccc2c(CC(=O)[C@@H]3CCC(F)(F)C3)cccc2c1Oc1ncccc1-c1ccnc(N[C@H]2CCCN(C(=O)OC(C)(C)C)C2)n1. The number of pyridine rings is 1. The number of alkyl halides is 2. The Hall–Kier alpha value is -4.67. The van der Waals surface area contributed by atoms with Crippen molar-refractivity contribution in [1.29, 1.82) is 0 Å². The number of hydrogen-bond donors (Lipinski definition) is 1. The van der Waals surface area contributed by atoms with Crippen LogP contribution in [0.4, 0.5) is 19.5 Å². The monoisotopic (exact) mass is 657 g/mol. The van der Waals surface area contributed by atoms with Gasteiger partial charge in [0.2, 0.25) is 17.8 Å². The van der Waals surface area contributed by atoms with Crippen molar-refractivity contribution in [2.75, 3.05) is 18.4 Å². The summed E-state index contributed by atoms with van der Waals surface area (Å²) in [6.45, 7) is 8.61. The Morgan fingerprint density at radius 3 is 2.62 bits per heavy atom. The standard InChI is InChI=1S/C37H41F2N5O4/c1-23-12-13-27-24(20-31(45)25-14-16-37(38,39)21-25)8-5-10-28(27)32(23)47-33-29(11-6-17-40-33)30-15-18-41-34(43-30)42-26-9-7-19-44(22-26)35(46)48-36(2,3)4/h5-6,8,10-13,15,17-18,25-26H,7,9,14,16,19-22H2,1-4H3,(H,41,42,43)/t25-,26+/m1/s1. The third-order valence-corrected chi connectivity index (χ3v) is 8.83. The van der Waals surface area contributed by atoms with Crippen LogP contribution in [0.25, 0.3) is 22.0 Å². The van der Waals surface area contributed by atoms with Crippen LogP contribution in [0.5, 0.6) is 11.6 Å². The predicted molar refractivity (Wildman–Crippen MR) is 179 cm³/mol. The van der Waals surface area contributed by atoms with Crippen molar-refractivity contribution in [2.24, 2.45) is 5.92 Å². The molecule has 2 atom stereocenters. The summed E-state index contributed by atoms with van der Waals surface area (Å²) in [7, 11) is 0. The molecule has 9 nitrogen and oxygen atoms in total. The zero-order valence-corrected chi connectivity index (χ0v) is 27.8. The average molecular weight is 658 g/mol. The molecule has 252 valence electrons. The molecular formula is C37H41F2N5O4. The zero-order chi connectivity index (χ0) is 34.1. The molecule has 2 aromatic carbocycles. The van der Waals surface area contributed by atoms with Gasteiger partial charge in [0.1, 0.15) is 17.1 Å². The molecule has 1 N–H and O–H groups in total. The third-order valence-electron chi connectivity index (χ3n) is 8.83. The minimum atomic E-state index is -2.77. The fourth-order valence-electron chi connectivity index (χ4n) is 6.46. The normalized spacial score (nSPS) is 19.2. The summed E-state index contributed by atoms with van der Waals surface area (Å²) in [5.41, 5.74) is 2.34. The summed E-state index contributed by atoms with van der Waals surface area (Å²) in [4.78, 5) is 41.2. The number of aryl methyl sites for hydroxylation is 1. The minimum Gasteiger partial charge on any atom is -0.444 e. The van der Waals surface area contributed by atoms with Crippen LogP contribution in [0.3, 0.4) is 0 Å². The highest BCUT2D eigenvalue weighted by molar-refractivity contribution is 5.96. The van der Waals surface area contributed by atoms with Crippen molar-refractivity contribution in [3.8, 4) is 22.9 Å². The topological polar surface area (TPSA) is 107 Å². The van der Waals surface area contributed by atoms with E-state index in [-0.39, 0.29) is 43.6 Å². The quantitative estimate of drug-likeness (QED) is 0.202. The van der Waals surface area contributed by atoms with E-state index in [1.54, 1.807) is 23.4 Å². The second kappa shape index (κ2) is 13.4. The van der Waals surface area contributed by atoms with Crippen LogP contribution in [-0.4, -0.2) is 62.4 Å². The van der Waals surface area contributed by atoms with Gasteiger partial charge in [0, 0.05) is 62.1 Å². The maximum atomic E-state index is 13.8. The number of rotatable bonds is 8. The van der Waals surface area contributed by atoms with Crippen molar-refractivity contribution in [3.63, 3.8) is 0 Å². The summed E-state index contributed by atoms with van der Waals surface area (Å²) in [5, 5.41) is 5.01. The number of anilines is 1. The fraction of sp³-hybridized carbons (Fsp3) is 0.432. The van der Waals surface area contributed by atoms with Crippen LogP contribution < -0.4 is 10.1 Å². The van der Waals surface area contributed by atoms with Gasteiger partial charge in [0.15, 0.2) is 0 Å². The molecule has 6 rings (SSSR count). The van der Waals surface area contributed by atoms with E-state index in [0.29, 0.717) is 41.9 Å². The Labute approximate surface area is 279 Å². The molecule has 1 saturated carbocycles. The summed E-state index contributed by atoms with van der Waals surface area (Å²) >= 11 is 0. The van der Waals surface area contributed by atoms with E-state index >= 15 is 0 Å². The highest BCUT2D eigenvalue weighted by Crippen LogP contribution is 2.41. The first kappa shape index (κ1) is 33.2. The van der Waals surface area contributed by atoms with E-state index in [9.17, 15) is 18.4 Å². The smallest absolute Gasteiger partial charge is 0.410 e. The van der Waals surface area contributed by atoms with Crippen molar-refractivity contribution < 1.29 is 27.8 Å². The van der Waals surface area contributed by atoms with Crippen LogP contribution in [0.15, 0.2) is 60.9 Å². The molecule has 48 heavy (non-hydrogen) atoms. The van der Waals surface area contributed by atoms with E-state index in [1.165, 1.54) is 0 Å². The number of ketones is 1. The Kier molecular flexibility index (Phi) is 9.31. The van der Waals surface area contributed by atoms with Gasteiger partial charge in [-0.1, -0.05) is 30.3 Å². The molecule has 0 unspecified atom stereocenters. The molecule has 1 saturated heterocycles. The first-order valence-corrected chi connectivity index (χ1v) is 16.5. The largest absolute Gasteiger partial charge is 0.444 e. The van der Waals surface area contributed by atoms with Gasteiger partial charge in [-0.05, 0) is 81.7 Å². The van der Waals surface area contributed by atoms with E-state index in [0.717, 1.165) is 34.7 Å². The van der Waals surface area contributed by atoms with Crippen molar-refractivity contribution in [1.82, 2.24) is 19.9 Å². The molecule has 1 amide bonds. The zero-order valence-electron chi connectivity index (χ0n) is 27.8. The number of nitrogens with one attached hydrogen (secondary N) is 1. The van der Waals surface area contributed by atoms with E-state index < -0.39 is 17.4 Å². The Morgan fingerprint density at radius 2 is 1.85 bits per heavy atom. The number of fused-ring (bicyclic) bond motifs is 1. The number of benzene rings is 2.